The Balaban J connectivity index is 1.42. The van der Waals surface area contributed by atoms with Crippen molar-refractivity contribution in [1.29, 1.82) is 0 Å². The summed E-state index contributed by atoms with van der Waals surface area (Å²) in [5.41, 5.74) is 1.99. The molecule has 2 atom stereocenters. The fourth-order valence-corrected chi connectivity index (χ4v) is 3.96. The van der Waals surface area contributed by atoms with Crippen LogP contribution in [0, 0.1) is 0 Å². The molecule has 0 spiro atoms. The van der Waals surface area contributed by atoms with Crippen molar-refractivity contribution in [1.82, 2.24) is 15.2 Å². The molecule has 2 fully saturated rings. The van der Waals surface area contributed by atoms with Crippen molar-refractivity contribution in [2.24, 2.45) is 0 Å². The van der Waals surface area contributed by atoms with Gasteiger partial charge in [-0.2, -0.15) is 0 Å². The van der Waals surface area contributed by atoms with E-state index < -0.39 is 24.1 Å². The van der Waals surface area contributed by atoms with Gasteiger partial charge in [0, 0.05) is 29.1 Å². The Hall–Kier alpha value is -2.98. The third kappa shape index (κ3) is 4.22. The second-order valence-electron chi connectivity index (χ2n) is 7.13. The molecule has 2 heterocycles. The maximum Gasteiger partial charge on any atom is 0.408 e. The summed E-state index contributed by atoms with van der Waals surface area (Å²) < 4.78 is 0. The standard InChI is InChI=1S/C19H20N4O5S/c24-14-7-8-23(19(27)28)15(14)17(26)22-18-21-13(9-29-18)10-1-3-11(4-2-10)16(25)20-12-5-6-12/h1-4,9,12,14-15,24H,5-8H2,(H,20,25)(H,27,28)(H,21,22,26). The van der Waals surface area contributed by atoms with Crippen LogP contribution in [0.5, 0.6) is 0 Å². The van der Waals surface area contributed by atoms with Gasteiger partial charge in [-0.05, 0) is 31.4 Å². The summed E-state index contributed by atoms with van der Waals surface area (Å²) in [6.07, 6.45) is -0.0145. The smallest absolute Gasteiger partial charge is 0.408 e. The Labute approximate surface area is 170 Å². The highest BCUT2D eigenvalue weighted by Gasteiger charge is 2.41. The summed E-state index contributed by atoms with van der Waals surface area (Å²) in [6.45, 7) is 0.110. The van der Waals surface area contributed by atoms with Crippen molar-refractivity contribution in [2.45, 2.75) is 37.5 Å². The molecular formula is C19H20N4O5S. The van der Waals surface area contributed by atoms with Crippen LogP contribution in [-0.2, 0) is 4.79 Å². The number of aromatic nitrogens is 1. The molecule has 1 aromatic carbocycles. The number of carboxylic acid groups (broad SMARTS) is 1. The molecule has 10 heteroatoms. The molecule has 152 valence electrons. The average Bonchev–Trinajstić information content (AvgIpc) is 3.23. The van der Waals surface area contributed by atoms with E-state index in [1.165, 1.54) is 11.3 Å². The summed E-state index contributed by atoms with van der Waals surface area (Å²) in [5.74, 6) is -0.700. The van der Waals surface area contributed by atoms with Gasteiger partial charge in [0.15, 0.2) is 5.13 Å². The van der Waals surface area contributed by atoms with Gasteiger partial charge in [0.05, 0.1) is 11.8 Å². The van der Waals surface area contributed by atoms with Crippen LogP contribution in [0.2, 0.25) is 0 Å². The molecule has 0 radical (unpaired) electrons. The number of carbonyl (C=O) groups excluding carboxylic acids is 2. The molecule has 4 rings (SSSR count). The fourth-order valence-electron chi connectivity index (χ4n) is 3.24. The van der Waals surface area contributed by atoms with E-state index in [4.69, 9.17) is 0 Å². The number of benzene rings is 1. The zero-order valence-electron chi connectivity index (χ0n) is 15.4. The van der Waals surface area contributed by atoms with Gasteiger partial charge >= 0.3 is 6.09 Å². The molecule has 0 bridgehead atoms. The van der Waals surface area contributed by atoms with Crippen LogP contribution in [0.3, 0.4) is 0 Å². The Morgan fingerprint density at radius 3 is 2.52 bits per heavy atom. The van der Waals surface area contributed by atoms with E-state index in [0.717, 1.165) is 23.3 Å². The van der Waals surface area contributed by atoms with Crippen LogP contribution in [0.15, 0.2) is 29.6 Å². The van der Waals surface area contributed by atoms with Gasteiger partial charge < -0.3 is 20.8 Å². The van der Waals surface area contributed by atoms with Gasteiger partial charge in [-0.3, -0.25) is 14.5 Å². The molecule has 1 aliphatic heterocycles. The monoisotopic (exact) mass is 416 g/mol. The van der Waals surface area contributed by atoms with Gasteiger partial charge in [0.25, 0.3) is 11.8 Å². The zero-order chi connectivity index (χ0) is 20.5. The minimum absolute atomic E-state index is 0.0941. The number of hydrogen-bond donors (Lipinski definition) is 4. The molecule has 1 aliphatic carbocycles. The SMILES string of the molecule is O=C(NC1CC1)c1ccc(-c2csc(NC(=O)C3C(O)CCN3C(=O)O)n2)cc1. The summed E-state index contributed by atoms with van der Waals surface area (Å²) >= 11 is 1.20. The molecular weight excluding hydrogens is 396 g/mol. The van der Waals surface area contributed by atoms with Crippen LogP contribution in [-0.4, -0.2) is 62.7 Å². The Morgan fingerprint density at radius 2 is 1.86 bits per heavy atom. The highest BCUT2D eigenvalue weighted by atomic mass is 32.1. The topological polar surface area (TPSA) is 132 Å². The largest absolute Gasteiger partial charge is 0.465 e. The number of amides is 3. The second kappa shape index (κ2) is 7.80. The van der Waals surface area contributed by atoms with E-state index in [-0.39, 0.29) is 18.9 Å². The lowest BCUT2D eigenvalue weighted by atomic mass is 10.1. The number of rotatable bonds is 5. The van der Waals surface area contributed by atoms with Gasteiger partial charge in [0.1, 0.15) is 6.04 Å². The average molecular weight is 416 g/mol. The van der Waals surface area contributed by atoms with Crippen molar-refractivity contribution in [3.05, 3.63) is 35.2 Å². The van der Waals surface area contributed by atoms with Gasteiger partial charge in [-0.1, -0.05) is 12.1 Å². The van der Waals surface area contributed by atoms with E-state index in [2.05, 4.69) is 15.6 Å². The van der Waals surface area contributed by atoms with E-state index in [0.29, 0.717) is 22.4 Å². The van der Waals surface area contributed by atoms with Gasteiger partial charge in [-0.25, -0.2) is 9.78 Å². The molecule has 1 saturated heterocycles. The summed E-state index contributed by atoms with van der Waals surface area (Å²) in [6, 6.07) is 6.17. The van der Waals surface area contributed by atoms with Crippen LogP contribution in [0.25, 0.3) is 11.3 Å². The molecule has 9 nitrogen and oxygen atoms in total. The number of hydrogen-bond acceptors (Lipinski definition) is 6. The van der Waals surface area contributed by atoms with Gasteiger partial charge in [0.2, 0.25) is 0 Å². The number of anilines is 1. The lowest BCUT2D eigenvalue weighted by Gasteiger charge is -2.21. The van der Waals surface area contributed by atoms with Crippen molar-refractivity contribution in [3.63, 3.8) is 0 Å². The lowest BCUT2D eigenvalue weighted by molar-refractivity contribution is -0.122. The van der Waals surface area contributed by atoms with E-state index in [9.17, 15) is 24.6 Å². The first-order valence-electron chi connectivity index (χ1n) is 9.27. The molecule has 29 heavy (non-hydrogen) atoms. The van der Waals surface area contributed by atoms with Crippen LogP contribution < -0.4 is 10.6 Å². The summed E-state index contributed by atoms with van der Waals surface area (Å²) in [5, 5.41) is 26.7. The molecule has 1 aromatic heterocycles. The Morgan fingerprint density at radius 1 is 1.14 bits per heavy atom. The predicted octanol–water partition coefficient (Wildman–Crippen LogP) is 1.75. The van der Waals surface area contributed by atoms with Crippen LogP contribution in [0.1, 0.15) is 29.6 Å². The maximum absolute atomic E-state index is 12.4. The molecule has 4 N–H and O–H groups in total. The van der Waals surface area contributed by atoms with Crippen LogP contribution in [0.4, 0.5) is 9.93 Å². The first-order valence-corrected chi connectivity index (χ1v) is 10.2. The normalized spacial score (nSPS) is 21.1. The third-order valence-corrected chi connectivity index (χ3v) is 5.73. The first kappa shape index (κ1) is 19.3. The number of nitrogens with zero attached hydrogens (tertiary/aromatic N) is 2. The number of likely N-dealkylation sites (tertiary alicyclic amines) is 1. The molecule has 3 amide bonds. The lowest BCUT2D eigenvalue weighted by Crippen LogP contribution is -2.47. The summed E-state index contributed by atoms with van der Waals surface area (Å²) in [4.78, 5) is 41.0. The Kier molecular flexibility index (Phi) is 5.20. The molecule has 2 unspecified atom stereocenters. The van der Waals surface area contributed by atoms with Crippen molar-refractivity contribution in [3.8, 4) is 11.3 Å². The second-order valence-corrected chi connectivity index (χ2v) is 7.99. The van der Waals surface area contributed by atoms with Crippen molar-refractivity contribution < 1.29 is 24.6 Å². The first-order chi connectivity index (χ1) is 13.9. The minimum atomic E-state index is -1.24. The molecule has 1 saturated carbocycles. The highest BCUT2D eigenvalue weighted by Crippen LogP contribution is 2.27. The third-order valence-electron chi connectivity index (χ3n) is 4.97. The number of aliphatic hydroxyl groups is 1. The minimum Gasteiger partial charge on any atom is -0.465 e. The van der Waals surface area contributed by atoms with Gasteiger partial charge in [-0.15, -0.1) is 11.3 Å². The number of thiazole rings is 1. The summed E-state index contributed by atoms with van der Waals surface area (Å²) in [7, 11) is 0. The molecule has 2 aliphatic rings. The highest BCUT2D eigenvalue weighted by molar-refractivity contribution is 7.14. The fraction of sp³-hybridized carbons (Fsp3) is 0.368. The van der Waals surface area contributed by atoms with E-state index in [1.807, 2.05) is 0 Å². The zero-order valence-corrected chi connectivity index (χ0v) is 16.2. The quantitative estimate of drug-likeness (QED) is 0.587. The Bertz CT molecular complexity index is 940. The van der Waals surface area contributed by atoms with E-state index in [1.54, 1.807) is 29.6 Å². The van der Waals surface area contributed by atoms with Crippen molar-refractivity contribution in [2.75, 3.05) is 11.9 Å². The number of carbonyl (C=O) groups is 3. The van der Waals surface area contributed by atoms with E-state index >= 15 is 0 Å². The number of nitrogens with one attached hydrogen (secondary N) is 2. The van der Waals surface area contributed by atoms with Crippen molar-refractivity contribution >= 4 is 34.4 Å². The number of aliphatic hydroxyl groups excluding tert-OH is 1. The van der Waals surface area contributed by atoms with Crippen LogP contribution >= 0.6 is 11.3 Å². The predicted molar refractivity (Wildman–Crippen MR) is 106 cm³/mol. The maximum atomic E-state index is 12.4. The molecule has 2 aromatic rings.